The molecule has 0 spiro atoms. The first-order valence-corrected chi connectivity index (χ1v) is 4.32. The molecular weight excluding hydrogens is 132 g/mol. The van der Waals surface area contributed by atoms with Crippen LogP contribution in [0.1, 0.15) is 34.6 Å². The predicted octanol–water partition coefficient (Wildman–Crippen LogP) is 3.55. The van der Waals surface area contributed by atoms with Crippen LogP contribution in [-0.2, 0) is 0 Å². The minimum Gasteiger partial charge on any atom is -0.0808 e. The fourth-order valence-corrected chi connectivity index (χ4v) is 1.50. The highest BCUT2D eigenvalue weighted by Crippen LogP contribution is 2.36. The Morgan fingerprint density at radius 1 is 1.27 bits per heavy atom. The number of rotatable bonds is 0. The van der Waals surface area contributed by atoms with Crippen molar-refractivity contribution in [3.05, 3.63) is 23.3 Å². The number of hydrogen-bond donors (Lipinski definition) is 0. The molecule has 1 unspecified atom stereocenters. The highest BCUT2D eigenvalue weighted by molar-refractivity contribution is 5.31. The molecule has 0 heterocycles. The Labute approximate surface area is 70.0 Å². The van der Waals surface area contributed by atoms with E-state index in [-0.39, 0.29) is 5.41 Å². The van der Waals surface area contributed by atoms with Crippen molar-refractivity contribution in [3.8, 4) is 0 Å². The van der Waals surface area contributed by atoms with Gasteiger partial charge in [-0.1, -0.05) is 44.1 Å². The van der Waals surface area contributed by atoms with Crippen LogP contribution in [0, 0.1) is 11.3 Å². The van der Waals surface area contributed by atoms with Crippen LogP contribution in [0.2, 0.25) is 0 Å². The second kappa shape index (κ2) is 2.51. The van der Waals surface area contributed by atoms with E-state index >= 15 is 0 Å². The maximum atomic E-state index is 2.32. The van der Waals surface area contributed by atoms with Crippen LogP contribution in [0.4, 0.5) is 0 Å². The van der Waals surface area contributed by atoms with Gasteiger partial charge in [0.05, 0.1) is 0 Å². The Kier molecular flexibility index (Phi) is 1.96. The molecule has 0 bridgehead atoms. The van der Waals surface area contributed by atoms with E-state index in [1.807, 2.05) is 0 Å². The van der Waals surface area contributed by atoms with Gasteiger partial charge < -0.3 is 0 Å². The zero-order valence-corrected chi connectivity index (χ0v) is 8.23. The van der Waals surface area contributed by atoms with Gasteiger partial charge in [-0.25, -0.2) is 0 Å². The van der Waals surface area contributed by atoms with Gasteiger partial charge in [0, 0.05) is 5.41 Å². The molecule has 0 heteroatoms. The zero-order valence-electron chi connectivity index (χ0n) is 8.23. The first-order chi connectivity index (χ1) is 4.95. The average molecular weight is 150 g/mol. The smallest absolute Gasteiger partial charge is 0.00344 e. The first-order valence-electron chi connectivity index (χ1n) is 4.32. The Hall–Kier alpha value is -0.520. The van der Waals surface area contributed by atoms with Crippen LogP contribution in [0.5, 0.6) is 0 Å². The normalized spacial score (nSPS) is 29.4. The summed E-state index contributed by atoms with van der Waals surface area (Å²) < 4.78 is 0. The second-order valence-electron chi connectivity index (χ2n) is 4.18. The molecule has 0 aromatic carbocycles. The van der Waals surface area contributed by atoms with Gasteiger partial charge in [0.25, 0.3) is 0 Å². The summed E-state index contributed by atoms with van der Waals surface area (Å²) in [7, 11) is 0. The van der Waals surface area contributed by atoms with Crippen molar-refractivity contribution in [2.75, 3.05) is 0 Å². The van der Waals surface area contributed by atoms with Crippen LogP contribution >= 0.6 is 0 Å². The SMILES string of the molecule is CC1=C(C)C(C)(C)C=CC1C. The van der Waals surface area contributed by atoms with Gasteiger partial charge in [0.15, 0.2) is 0 Å². The van der Waals surface area contributed by atoms with E-state index in [0.717, 1.165) is 0 Å². The van der Waals surface area contributed by atoms with E-state index in [2.05, 4.69) is 46.8 Å². The molecule has 1 aliphatic rings. The molecule has 0 aliphatic heterocycles. The molecule has 0 fully saturated rings. The fourth-order valence-electron chi connectivity index (χ4n) is 1.50. The Balaban J connectivity index is 3.04. The van der Waals surface area contributed by atoms with Gasteiger partial charge in [-0.15, -0.1) is 0 Å². The van der Waals surface area contributed by atoms with Crippen molar-refractivity contribution in [3.63, 3.8) is 0 Å². The summed E-state index contributed by atoms with van der Waals surface area (Å²) in [5.41, 5.74) is 3.36. The van der Waals surface area contributed by atoms with Gasteiger partial charge in [-0.2, -0.15) is 0 Å². The molecule has 0 saturated heterocycles. The van der Waals surface area contributed by atoms with Crippen LogP contribution in [0.15, 0.2) is 23.3 Å². The number of allylic oxidation sites excluding steroid dienone is 4. The Morgan fingerprint density at radius 2 is 1.82 bits per heavy atom. The molecule has 1 rings (SSSR count). The van der Waals surface area contributed by atoms with Crippen molar-refractivity contribution < 1.29 is 0 Å². The molecule has 0 nitrogen and oxygen atoms in total. The van der Waals surface area contributed by atoms with Crippen molar-refractivity contribution in [2.45, 2.75) is 34.6 Å². The van der Waals surface area contributed by atoms with Crippen molar-refractivity contribution in [1.29, 1.82) is 0 Å². The quantitative estimate of drug-likeness (QED) is 0.463. The summed E-state index contributed by atoms with van der Waals surface area (Å²) >= 11 is 0. The lowest BCUT2D eigenvalue weighted by molar-refractivity contribution is 0.541. The molecule has 1 atom stereocenters. The van der Waals surface area contributed by atoms with Crippen molar-refractivity contribution in [2.24, 2.45) is 11.3 Å². The van der Waals surface area contributed by atoms with Gasteiger partial charge in [-0.3, -0.25) is 0 Å². The Bertz CT molecular complexity index is 216. The molecule has 0 aromatic heterocycles. The minimum atomic E-state index is 0.288. The molecule has 0 amide bonds. The maximum absolute atomic E-state index is 2.32. The van der Waals surface area contributed by atoms with Crippen LogP contribution in [0.3, 0.4) is 0 Å². The first kappa shape index (κ1) is 8.58. The lowest BCUT2D eigenvalue weighted by atomic mass is 9.75. The summed E-state index contributed by atoms with van der Waals surface area (Å²) in [4.78, 5) is 0. The van der Waals surface area contributed by atoms with Crippen LogP contribution in [-0.4, -0.2) is 0 Å². The highest BCUT2D eigenvalue weighted by Gasteiger charge is 2.23. The van der Waals surface area contributed by atoms with E-state index in [0.29, 0.717) is 5.92 Å². The monoisotopic (exact) mass is 150 g/mol. The van der Waals surface area contributed by atoms with E-state index in [1.54, 1.807) is 0 Å². The Morgan fingerprint density at radius 3 is 2.27 bits per heavy atom. The van der Waals surface area contributed by atoms with E-state index in [1.165, 1.54) is 11.1 Å². The summed E-state index contributed by atoms with van der Waals surface area (Å²) in [5.74, 6) is 0.642. The molecular formula is C11H18. The van der Waals surface area contributed by atoms with E-state index in [9.17, 15) is 0 Å². The molecule has 0 N–H and O–H groups in total. The topological polar surface area (TPSA) is 0 Å². The highest BCUT2D eigenvalue weighted by atomic mass is 14.3. The lowest BCUT2D eigenvalue weighted by Crippen LogP contribution is -2.17. The second-order valence-corrected chi connectivity index (χ2v) is 4.18. The standard InChI is InChI=1S/C11H18/c1-8-6-7-11(4,5)10(3)9(8)2/h6-8H,1-5H3. The van der Waals surface area contributed by atoms with E-state index in [4.69, 9.17) is 0 Å². The predicted molar refractivity (Wildman–Crippen MR) is 50.5 cm³/mol. The van der Waals surface area contributed by atoms with Crippen LogP contribution in [0.25, 0.3) is 0 Å². The average Bonchev–Trinajstić information content (AvgIpc) is 1.95. The fraction of sp³-hybridized carbons (Fsp3) is 0.636. The van der Waals surface area contributed by atoms with Crippen molar-refractivity contribution in [1.82, 2.24) is 0 Å². The molecule has 0 saturated carbocycles. The van der Waals surface area contributed by atoms with Crippen molar-refractivity contribution >= 4 is 0 Å². The number of hydrogen-bond acceptors (Lipinski definition) is 0. The summed E-state index contributed by atoms with van der Waals surface area (Å²) in [6.45, 7) is 11.3. The molecule has 0 radical (unpaired) electrons. The van der Waals surface area contributed by atoms with Gasteiger partial charge in [-0.05, 0) is 19.8 Å². The lowest BCUT2D eigenvalue weighted by Gasteiger charge is -2.30. The van der Waals surface area contributed by atoms with Gasteiger partial charge in [0.2, 0.25) is 0 Å². The molecule has 62 valence electrons. The largest absolute Gasteiger partial charge is 0.0808 e. The van der Waals surface area contributed by atoms with Crippen LogP contribution < -0.4 is 0 Å². The molecule has 1 aliphatic carbocycles. The summed E-state index contributed by atoms with van der Waals surface area (Å²) in [5, 5.41) is 0. The van der Waals surface area contributed by atoms with E-state index < -0.39 is 0 Å². The minimum absolute atomic E-state index is 0.288. The van der Waals surface area contributed by atoms with Gasteiger partial charge >= 0.3 is 0 Å². The maximum Gasteiger partial charge on any atom is 0.00344 e. The van der Waals surface area contributed by atoms with Gasteiger partial charge in [0.1, 0.15) is 0 Å². The molecule has 0 aromatic rings. The third-order valence-corrected chi connectivity index (χ3v) is 3.04. The summed E-state index contributed by atoms with van der Waals surface area (Å²) in [6, 6.07) is 0. The zero-order chi connectivity index (χ0) is 8.65. The summed E-state index contributed by atoms with van der Waals surface area (Å²) in [6.07, 6.45) is 4.63. The third kappa shape index (κ3) is 1.40. The third-order valence-electron chi connectivity index (χ3n) is 3.04. The molecule has 11 heavy (non-hydrogen) atoms.